The van der Waals surface area contributed by atoms with Gasteiger partial charge in [0.15, 0.2) is 0 Å². The number of hydrogen-bond acceptors (Lipinski definition) is 3. The zero-order valence-electron chi connectivity index (χ0n) is 11.5. The van der Waals surface area contributed by atoms with E-state index in [9.17, 15) is 9.46 Å². The number of hydrogen-bond donors (Lipinski definition) is 0. The van der Waals surface area contributed by atoms with Gasteiger partial charge in [-0.05, 0) is 17.5 Å². The summed E-state index contributed by atoms with van der Waals surface area (Å²) in [5.74, 6) is 0.669. The lowest BCUT2D eigenvalue weighted by Crippen LogP contribution is -2.25. The molecule has 0 spiro atoms. The molecule has 0 radical (unpaired) electrons. The fourth-order valence-electron chi connectivity index (χ4n) is 2.45. The third-order valence-electron chi connectivity index (χ3n) is 3.49. The van der Waals surface area contributed by atoms with E-state index in [-0.39, 0.29) is 0 Å². The minimum absolute atomic E-state index is 0.320. The Morgan fingerprint density at radius 1 is 0.857 bits per heavy atom. The van der Waals surface area contributed by atoms with Crippen molar-refractivity contribution < 1.29 is 14.2 Å². The van der Waals surface area contributed by atoms with E-state index in [1.165, 1.54) is 0 Å². The highest BCUT2D eigenvalue weighted by molar-refractivity contribution is 7.72. The summed E-state index contributed by atoms with van der Waals surface area (Å²) in [6.45, 7) is 0. The predicted octanol–water partition coefficient (Wildman–Crippen LogP) is 2.44. The molecular weight excluding hydrogens is 283 g/mol. The Labute approximate surface area is 123 Å². The zero-order valence-corrected chi connectivity index (χ0v) is 12.4. The lowest BCUT2D eigenvalue weighted by Gasteiger charge is -2.26. The average Bonchev–Trinajstić information content (AvgIpc) is 2.54. The minimum atomic E-state index is -3.88. The van der Waals surface area contributed by atoms with E-state index in [0.717, 1.165) is 5.39 Å². The van der Waals surface area contributed by atoms with Gasteiger partial charge < -0.3 is 14.2 Å². The lowest BCUT2D eigenvalue weighted by atomic mass is 10.1. The molecule has 106 valence electrons. The molecule has 0 amide bonds. The van der Waals surface area contributed by atoms with Crippen LogP contribution in [0, 0.1) is 0 Å². The van der Waals surface area contributed by atoms with Gasteiger partial charge in [-0.15, -0.1) is 0 Å². The van der Waals surface area contributed by atoms with E-state index in [4.69, 9.17) is 4.74 Å². The van der Waals surface area contributed by atoms with Crippen molar-refractivity contribution in [2.45, 2.75) is 0 Å². The van der Waals surface area contributed by atoms with Gasteiger partial charge >= 0.3 is 0 Å². The maximum Gasteiger partial charge on any atom is 0.126 e. The second kappa shape index (κ2) is 5.36. The van der Waals surface area contributed by atoms with Crippen LogP contribution in [0.2, 0.25) is 0 Å². The molecule has 0 aliphatic heterocycles. The van der Waals surface area contributed by atoms with E-state index < -0.39 is 7.37 Å². The van der Waals surface area contributed by atoms with Crippen LogP contribution in [0.4, 0.5) is 0 Å². The van der Waals surface area contributed by atoms with Crippen LogP contribution in [0.1, 0.15) is 0 Å². The summed E-state index contributed by atoms with van der Waals surface area (Å²) in [6, 6.07) is 19.2. The highest BCUT2D eigenvalue weighted by Gasteiger charge is 2.18. The van der Waals surface area contributed by atoms with Crippen LogP contribution >= 0.6 is 7.37 Å². The van der Waals surface area contributed by atoms with E-state index in [1.807, 2.05) is 18.2 Å². The molecule has 0 bridgehead atoms. The highest BCUT2D eigenvalue weighted by Crippen LogP contribution is 2.38. The summed E-state index contributed by atoms with van der Waals surface area (Å²) in [5, 5.41) is 2.12. The number of fused-ring (bicyclic) bond motifs is 1. The maximum absolute atomic E-state index is 12.8. The fraction of sp³-hybridized carbons (Fsp3) is 0.0588. The third-order valence-corrected chi connectivity index (χ3v) is 5.50. The normalized spacial score (nSPS) is 13.8. The Kier molecular flexibility index (Phi) is 3.54. The summed E-state index contributed by atoms with van der Waals surface area (Å²) in [7, 11) is -2.30. The van der Waals surface area contributed by atoms with Crippen LogP contribution in [-0.4, -0.2) is 7.11 Å². The molecule has 21 heavy (non-hydrogen) atoms. The lowest BCUT2D eigenvalue weighted by molar-refractivity contribution is -0.167. The molecule has 0 aliphatic rings. The topological polar surface area (TPSA) is 49.4 Å². The van der Waals surface area contributed by atoms with Crippen LogP contribution < -0.4 is 20.2 Å². The van der Waals surface area contributed by atoms with Crippen LogP contribution in [0.25, 0.3) is 10.8 Å². The van der Waals surface area contributed by atoms with E-state index in [2.05, 4.69) is 0 Å². The minimum Gasteiger partial charge on any atom is -0.793 e. The van der Waals surface area contributed by atoms with Crippen LogP contribution in [0.3, 0.4) is 0 Å². The van der Waals surface area contributed by atoms with E-state index >= 15 is 0 Å². The first-order valence-corrected chi connectivity index (χ1v) is 8.20. The molecule has 0 N–H and O–H groups in total. The Morgan fingerprint density at radius 3 is 2.14 bits per heavy atom. The Bertz CT molecular complexity index is 828. The molecule has 1 unspecified atom stereocenters. The molecule has 0 fully saturated rings. The van der Waals surface area contributed by atoms with Gasteiger partial charge in [0, 0.05) is 16.0 Å². The quantitative estimate of drug-likeness (QED) is 0.698. The van der Waals surface area contributed by atoms with Crippen molar-refractivity contribution in [2.24, 2.45) is 0 Å². The van der Waals surface area contributed by atoms with Crippen LogP contribution in [-0.2, 0) is 4.57 Å². The number of benzene rings is 3. The molecule has 3 nitrogen and oxygen atoms in total. The van der Waals surface area contributed by atoms with Crippen LogP contribution in [0.5, 0.6) is 5.75 Å². The van der Waals surface area contributed by atoms with Crippen molar-refractivity contribution in [1.82, 2.24) is 0 Å². The summed E-state index contributed by atoms with van der Waals surface area (Å²) in [5.41, 5.74) is 0. The molecule has 3 aromatic carbocycles. The van der Waals surface area contributed by atoms with Gasteiger partial charge in [-0.1, -0.05) is 54.6 Å². The summed E-state index contributed by atoms with van der Waals surface area (Å²) < 4.78 is 18.1. The molecule has 3 aromatic rings. The van der Waals surface area contributed by atoms with Crippen molar-refractivity contribution in [2.75, 3.05) is 7.11 Å². The van der Waals surface area contributed by atoms with Crippen molar-refractivity contribution in [1.29, 1.82) is 0 Å². The second-order valence-electron chi connectivity index (χ2n) is 4.72. The van der Waals surface area contributed by atoms with Gasteiger partial charge in [-0.25, -0.2) is 0 Å². The van der Waals surface area contributed by atoms with Gasteiger partial charge in [0.1, 0.15) is 5.75 Å². The van der Waals surface area contributed by atoms with E-state index in [0.29, 0.717) is 21.7 Å². The molecule has 1 atom stereocenters. The van der Waals surface area contributed by atoms with Crippen molar-refractivity contribution >= 4 is 28.8 Å². The van der Waals surface area contributed by atoms with E-state index in [1.54, 1.807) is 55.6 Å². The molecule has 0 saturated heterocycles. The average molecular weight is 297 g/mol. The zero-order chi connectivity index (χ0) is 14.9. The molecule has 0 aliphatic carbocycles. The Morgan fingerprint density at radius 2 is 1.48 bits per heavy atom. The summed E-state index contributed by atoms with van der Waals surface area (Å²) in [4.78, 5) is 12.8. The maximum atomic E-state index is 12.8. The number of ether oxygens (including phenoxy) is 1. The van der Waals surface area contributed by atoms with Gasteiger partial charge in [0.05, 0.1) is 14.5 Å². The fourth-order valence-corrected chi connectivity index (χ4v) is 4.08. The van der Waals surface area contributed by atoms with Gasteiger partial charge in [0.25, 0.3) is 0 Å². The summed E-state index contributed by atoms with van der Waals surface area (Å²) >= 11 is 0. The highest BCUT2D eigenvalue weighted by atomic mass is 31.2. The van der Waals surface area contributed by atoms with Crippen molar-refractivity contribution in [3.05, 3.63) is 66.7 Å². The first-order valence-electron chi connectivity index (χ1n) is 6.57. The van der Waals surface area contributed by atoms with Gasteiger partial charge in [-0.2, -0.15) is 0 Å². The first kappa shape index (κ1) is 13.9. The monoisotopic (exact) mass is 297 g/mol. The van der Waals surface area contributed by atoms with Gasteiger partial charge in [0.2, 0.25) is 0 Å². The third kappa shape index (κ3) is 2.35. The van der Waals surface area contributed by atoms with Crippen molar-refractivity contribution in [3.63, 3.8) is 0 Å². The largest absolute Gasteiger partial charge is 0.793 e. The second-order valence-corrected chi connectivity index (χ2v) is 6.82. The standard InChI is InChI=1S/C17H15O3P/c1-20-16-11-12-17(15-10-6-5-9-14(15)16)21(18,19)13-7-3-2-4-8-13/h2-12H,1H3,(H,18,19)/p-1. The Hall–Kier alpha value is -2.09. The Balaban J connectivity index is 2.29. The smallest absolute Gasteiger partial charge is 0.126 e. The molecule has 0 heterocycles. The molecule has 0 saturated carbocycles. The summed E-state index contributed by atoms with van der Waals surface area (Å²) in [6.07, 6.45) is 0. The SMILES string of the molecule is COc1ccc(P(=O)([O-])c2ccccc2)c2ccccc12. The molecule has 3 rings (SSSR count). The number of rotatable bonds is 3. The predicted molar refractivity (Wildman–Crippen MR) is 83.8 cm³/mol. The molecule has 0 aromatic heterocycles. The van der Waals surface area contributed by atoms with Crippen molar-refractivity contribution in [3.8, 4) is 5.75 Å². The molecule has 4 heteroatoms. The molecular formula is C17H14O3P-. The first-order chi connectivity index (χ1) is 10.1. The van der Waals surface area contributed by atoms with Crippen LogP contribution in [0.15, 0.2) is 66.7 Å². The van der Waals surface area contributed by atoms with Gasteiger partial charge in [-0.3, -0.25) is 0 Å². The number of methoxy groups -OCH3 is 1.